The molecule has 52 valence electrons. The fourth-order valence-electron chi connectivity index (χ4n) is 0. The first-order chi connectivity index (χ1) is 4.18. The Bertz CT molecular complexity index is 93.2. The summed E-state index contributed by atoms with van der Waals surface area (Å²) in [7, 11) is 0. The monoisotopic (exact) mass is 129 g/mol. The molecule has 9 heavy (non-hydrogen) atoms. The van der Waals surface area contributed by atoms with Crippen LogP contribution in [-0.4, -0.2) is 17.6 Å². The van der Waals surface area contributed by atoms with Gasteiger partial charge in [-0.05, 0) is 0 Å². The van der Waals surface area contributed by atoms with Gasteiger partial charge in [0.15, 0.2) is 0 Å². The van der Waals surface area contributed by atoms with E-state index >= 15 is 0 Å². The van der Waals surface area contributed by atoms with Crippen LogP contribution in [0.5, 0.6) is 0 Å². The van der Waals surface area contributed by atoms with Gasteiger partial charge in [0.1, 0.15) is 0 Å². The molecule has 3 nitrogen and oxygen atoms in total. The van der Waals surface area contributed by atoms with Crippen LogP contribution in [-0.2, 0) is 4.79 Å². The number of hydrogen-bond donors (Lipinski definition) is 2. The Labute approximate surface area is 54.5 Å². The smallest absolute Gasteiger partial charge is 0.317 e. The summed E-state index contributed by atoms with van der Waals surface area (Å²) in [6, 6.07) is 0. The van der Waals surface area contributed by atoms with Gasteiger partial charge in [0.25, 0.3) is 0 Å². The first-order valence-corrected chi connectivity index (χ1v) is 2.34. The van der Waals surface area contributed by atoms with E-state index in [0.717, 1.165) is 0 Å². The number of rotatable bonds is 2. The van der Waals surface area contributed by atoms with E-state index in [1.54, 1.807) is 12.2 Å². The standard InChI is InChI=1S/C4H6.C2H5NO2/c1-3-4-2;3-1-2(4)5/h3-4H,1-2H2;1,3H2,(H,4,5). The number of nitrogens with two attached hydrogens (primary N) is 1. The molecular formula is C6H11NO2. The van der Waals surface area contributed by atoms with Gasteiger partial charge in [0.2, 0.25) is 0 Å². The highest BCUT2D eigenvalue weighted by Crippen LogP contribution is 1.52. The average molecular weight is 129 g/mol. The number of carboxylic acid groups (broad SMARTS) is 1. The van der Waals surface area contributed by atoms with Crippen molar-refractivity contribution in [2.45, 2.75) is 0 Å². The molecule has 0 spiro atoms. The molecule has 0 aromatic carbocycles. The molecule has 0 rings (SSSR count). The maximum atomic E-state index is 9.24. The largest absolute Gasteiger partial charge is 0.480 e. The summed E-state index contributed by atoms with van der Waals surface area (Å²) in [6.07, 6.45) is 3.28. The van der Waals surface area contributed by atoms with Crippen molar-refractivity contribution in [3.8, 4) is 0 Å². The van der Waals surface area contributed by atoms with Crippen LogP contribution in [0.15, 0.2) is 25.3 Å². The molecular weight excluding hydrogens is 118 g/mol. The van der Waals surface area contributed by atoms with Crippen molar-refractivity contribution in [2.24, 2.45) is 5.73 Å². The lowest BCUT2D eigenvalue weighted by molar-refractivity contribution is -0.135. The van der Waals surface area contributed by atoms with Crippen LogP contribution < -0.4 is 5.73 Å². The van der Waals surface area contributed by atoms with Gasteiger partial charge < -0.3 is 10.8 Å². The van der Waals surface area contributed by atoms with Gasteiger partial charge in [-0.25, -0.2) is 0 Å². The molecule has 0 fully saturated rings. The molecule has 0 amide bonds. The Morgan fingerprint density at radius 3 is 1.78 bits per heavy atom. The van der Waals surface area contributed by atoms with Crippen molar-refractivity contribution in [2.75, 3.05) is 6.54 Å². The minimum atomic E-state index is -0.968. The second-order valence-electron chi connectivity index (χ2n) is 1.07. The van der Waals surface area contributed by atoms with Gasteiger partial charge in [0.05, 0.1) is 6.54 Å². The lowest BCUT2D eigenvalue weighted by Gasteiger charge is -1.73. The van der Waals surface area contributed by atoms with Crippen LogP contribution in [0.1, 0.15) is 0 Å². The Morgan fingerprint density at radius 2 is 1.78 bits per heavy atom. The van der Waals surface area contributed by atoms with Crippen LogP contribution >= 0.6 is 0 Å². The number of carbonyl (C=O) groups is 1. The van der Waals surface area contributed by atoms with Crippen LogP contribution in [0, 0.1) is 0 Å². The molecule has 3 N–H and O–H groups in total. The van der Waals surface area contributed by atoms with Crippen molar-refractivity contribution < 1.29 is 9.90 Å². The fourth-order valence-corrected chi connectivity index (χ4v) is 0. The molecule has 0 aromatic heterocycles. The lowest BCUT2D eigenvalue weighted by Crippen LogP contribution is -2.10. The molecule has 0 radical (unpaired) electrons. The first-order valence-electron chi connectivity index (χ1n) is 2.34. The Kier molecular flexibility index (Phi) is 12.0. The number of carboxylic acids is 1. The second kappa shape index (κ2) is 10.0. The Hall–Kier alpha value is -1.09. The normalized spacial score (nSPS) is 6.33. The van der Waals surface area contributed by atoms with Gasteiger partial charge in [-0.3, -0.25) is 4.79 Å². The molecule has 0 saturated carbocycles. The maximum absolute atomic E-state index is 9.24. The molecule has 0 atom stereocenters. The molecule has 0 saturated heterocycles. The maximum Gasteiger partial charge on any atom is 0.317 e. The zero-order chi connectivity index (χ0) is 7.70. The number of allylic oxidation sites excluding steroid dienone is 2. The predicted octanol–water partition coefficient (Wildman–Crippen LogP) is 0.388. The predicted molar refractivity (Wildman–Crippen MR) is 37.1 cm³/mol. The quantitative estimate of drug-likeness (QED) is 0.530. The van der Waals surface area contributed by atoms with Gasteiger partial charge in [-0.2, -0.15) is 0 Å². The zero-order valence-corrected chi connectivity index (χ0v) is 5.21. The van der Waals surface area contributed by atoms with E-state index in [-0.39, 0.29) is 6.54 Å². The minimum Gasteiger partial charge on any atom is -0.480 e. The lowest BCUT2D eigenvalue weighted by atomic mass is 10.6. The third kappa shape index (κ3) is 45.7. The van der Waals surface area contributed by atoms with E-state index in [1.165, 1.54) is 0 Å². The number of hydrogen-bond acceptors (Lipinski definition) is 2. The average Bonchev–Trinajstić information content (AvgIpc) is 1.89. The van der Waals surface area contributed by atoms with Gasteiger partial charge >= 0.3 is 5.97 Å². The summed E-state index contributed by atoms with van der Waals surface area (Å²) in [6.45, 7) is 6.44. The van der Waals surface area contributed by atoms with E-state index in [0.29, 0.717) is 0 Å². The summed E-state index contributed by atoms with van der Waals surface area (Å²) in [5.41, 5.74) is 4.57. The van der Waals surface area contributed by atoms with Gasteiger partial charge in [-0.15, -0.1) is 0 Å². The van der Waals surface area contributed by atoms with E-state index in [1.807, 2.05) is 0 Å². The third-order valence-corrected chi connectivity index (χ3v) is 0.341. The molecule has 0 aliphatic carbocycles. The topological polar surface area (TPSA) is 63.3 Å². The summed E-state index contributed by atoms with van der Waals surface area (Å²) >= 11 is 0. The van der Waals surface area contributed by atoms with E-state index in [9.17, 15) is 4.79 Å². The van der Waals surface area contributed by atoms with E-state index < -0.39 is 5.97 Å². The Balaban J connectivity index is 0. The van der Waals surface area contributed by atoms with Crippen LogP contribution in [0.3, 0.4) is 0 Å². The van der Waals surface area contributed by atoms with Crippen LogP contribution in [0.25, 0.3) is 0 Å². The van der Waals surface area contributed by atoms with Crippen molar-refractivity contribution in [3.63, 3.8) is 0 Å². The SMILES string of the molecule is C=CC=C.NCC(=O)O. The highest BCUT2D eigenvalue weighted by Gasteiger charge is 1.81. The molecule has 0 unspecified atom stereocenters. The Morgan fingerprint density at radius 1 is 1.56 bits per heavy atom. The third-order valence-electron chi connectivity index (χ3n) is 0.341. The molecule has 0 aliphatic heterocycles. The van der Waals surface area contributed by atoms with E-state index in [2.05, 4.69) is 18.9 Å². The van der Waals surface area contributed by atoms with Gasteiger partial charge in [-0.1, -0.05) is 25.3 Å². The molecule has 3 heteroatoms. The second-order valence-corrected chi connectivity index (χ2v) is 1.07. The van der Waals surface area contributed by atoms with Crippen LogP contribution in [0.2, 0.25) is 0 Å². The summed E-state index contributed by atoms with van der Waals surface area (Å²) < 4.78 is 0. The fraction of sp³-hybridized carbons (Fsp3) is 0.167. The van der Waals surface area contributed by atoms with Crippen LogP contribution in [0.4, 0.5) is 0 Å². The summed E-state index contributed by atoms with van der Waals surface area (Å²) in [5, 5.41) is 7.60. The zero-order valence-electron chi connectivity index (χ0n) is 5.21. The molecule has 0 bridgehead atoms. The van der Waals surface area contributed by atoms with E-state index in [4.69, 9.17) is 5.11 Å². The van der Waals surface area contributed by atoms with Gasteiger partial charge in [0, 0.05) is 0 Å². The highest BCUT2D eigenvalue weighted by atomic mass is 16.4. The summed E-state index contributed by atoms with van der Waals surface area (Å²) in [5.74, 6) is -0.968. The van der Waals surface area contributed by atoms with Crippen molar-refractivity contribution >= 4 is 5.97 Å². The first kappa shape index (κ1) is 10.8. The van der Waals surface area contributed by atoms with Crippen molar-refractivity contribution in [3.05, 3.63) is 25.3 Å². The molecule has 0 aromatic rings. The van der Waals surface area contributed by atoms with Crippen molar-refractivity contribution in [1.82, 2.24) is 0 Å². The minimum absolute atomic E-state index is 0.278. The highest BCUT2D eigenvalue weighted by molar-refractivity contribution is 5.68. The summed E-state index contributed by atoms with van der Waals surface area (Å²) in [4.78, 5) is 9.24. The molecule has 0 aliphatic rings. The number of aliphatic carboxylic acids is 1. The van der Waals surface area contributed by atoms with Crippen molar-refractivity contribution in [1.29, 1.82) is 0 Å². The molecule has 0 heterocycles.